The van der Waals surface area contributed by atoms with Gasteiger partial charge < -0.3 is 21.1 Å². The van der Waals surface area contributed by atoms with Gasteiger partial charge in [-0.1, -0.05) is 23.7 Å². The third-order valence-electron chi connectivity index (χ3n) is 5.93. The number of benzene rings is 1. The minimum Gasteiger partial charge on any atom is -0.481 e. The standard InChI is InChI=1S/C17H20ClNO4.C2HF3O2/c18-12-5-2-9(3-6-12)1-4-10-7-11-8-13(10)17(19,16(22)23)14(11)15(20)21;3-2(4,5)1(6)7/h2-3,5-6,10-11,13-14H,1,4,7-8,19H2,(H,20,21)(H,22,23);(H,6,7)/t10-,11+,13?,14-,17-;/m1./s1. The molecule has 7 nitrogen and oxygen atoms in total. The van der Waals surface area contributed by atoms with E-state index in [1.54, 1.807) is 0 Å². The Morgan fingerprint density at radius 1 is 1.10 bits per heavy atom. The van der Waals surface area contributed by atoms with E-state index in [0.29, 0.717) is 11.4 Å². The fourth-order valence-corrected chi connectivity index (χ4v) is 4.79. The van der Waals surface area contributed by atoms with Gasteiger partial charge in [-0.15, -0.1) is 0 Å². The number of halogens is 4. The number of alkyl halides is 3. The van der Waals surface area contributed by atoms with Crippen LogP contribution in [0.15, 0.2) is 24.3 Å². The fourth-order valence-electron chi connectivity index (χ4n) is 4.67. The van der Waals surface area contributed by atoms with Crippen LogP contribution < -0.4 is 5.73 Å². The lowest BCUT2D eigenvalue weighted by atomic mass is 9.67. The number of aryl methyl sites for hydroxylation is 1. The van der Waals surface area contributed by atoms with Crippen molar-refractivity contribution in [3.05, 3.63) is 34.9 Å². The maximum Gasteiger partial charge on any atom is 0.490 e. The predicted octanol–water partition coefficient (Wildman–Crippen LogP) is 3.04. The molecule has 1 aromatic rings. The Hall–Kier alpha value is -2.33. The van der Waals surface area contributed by atoms with Crippen molar-refractivity contribution < 1.29 is 42.9 Å². The monoisotopic (exact) mass is 451 g/mol. The Morgan fingerprint density at radius 3 is 2.07 bits per heavy atom. The summed E-state index contributed by atoms with van der Waals surface area (Å²) in [7, 11) is 0. The van der Waals surface area contributed by atoms with E-state index in [9.17, 15) is 33.0 Å². The van der Waals surface area contributed by atoms with E-state index in [2.05, 4.69) is 0 Å². The third kappa shape index (κ3) is 4.86. The van der Waals surface area contributed by atoms with Gasteiger partial charge in [-0.25, -0.2) is 4.79 Å². The number of carboxylic acid groups (broad SMARTS) is 3. The van der Waals surface area contributed by atoms with Crippen molar-refractivity contribution in [3.8, 4) is 0 Å². The smallest absolute Gasteiger partial charge is 0.481 e. The third-order valence-corrected chi connectivity index (χ3v) is 6.18. The second-order valence-electron chi connectivity index (χ2n) is 7.62. The molecular weight excluding hydrogens is 431 g/mol. The van der Waals surface area contributed by atoms with Crippen LogP contribution in [0.25, 0.3) is 0 Å². The largest absolute Gasteiger partial charge is 0.490 e. The van der Waals surface area contributed by atoms with Crippen molar-refractivity contribution in [2.45, 2.75) is 37.4 Å². The van der Waals surface area contributed by atoms with Crippen LogP contribution >= 0.6 is 11.6 Å². The first-order chi connectivity index (χ1) is 13.8. The van der Waals surface area contributed by atoms with Gasteiger partial charge in [0.1, 0.15) is 5.54 Å². The fraction of sp³-hybridized carbons (Fsp3) is 0.526. The summed E-state index contributed by atoms with van der Waals surface area (Å²) in [6.07, 6.45) is -2.09. The van der Waals surface area contributed by atoms with E-state index in [1.807, 2.05) is 24.3 Å². The van der Waals surface area contributed by atoms with Gasteiger partial charge in [0, 0.05) is 5.02 Å². The zero-order valence-electron chi connectivity index (χ0n) is 15.6. The molecule has 0 aromatic heterocycles. The van der Waals surface area contributed by atoms with Crippen LogP contribution in [0, 0.1) is 23.7 Å². The van der Waals surface area contributed by atoms with E-state index in [4.69, 9.17) is 27.2 Å². The number of aliphatic carboxylic acids is 3. The summed E-state index contributed by atoms with van der Waals surface area (Å²) in [5.41, 5.74) is 5.62. The average molecular weight is 452 g/mol. The highest BCUT2D eigenvalue weighted by atomic mass is 35.5. The van der Waals surface area contributed by atoms with Crippen LogP contribution in [-0.2, 0) is 20.8 Å². The average Bonchev–Trinajstić information content (AvgIpc) is 3.17. The molecule has 1 unspecified atom stereocenters. The van der Waals surface area contributed by atoms with E-state index < -0.39 is 35.5 Å². The number of fused-ring (bicyclic) bond motifs is 2. The van der Waals surface area contributed by atoms with Gasteiger partial charge >= 0.3 is 24.1 Å². The second-order valence-corrected chi connectivity index (χ2v) is 8.06. The first-order valence-corrected chi connectivity index (χ1v) is 9.45. The summed E-state index contributed by atoms with van der Waals surface area (Å²) in [6, 6.07) is 7.59. The van der Waals surface area contributed by atoms with Gasteiger partial charge in [0.05, 0.1) is 5.92 Å². The highest BCUT2D eigenvalue weighted by molar-refractivity contribution is 6.30. The lowest BCUT2D eigenvalue weighted by Gasteiger charge is -2.39. The van der Waals surface area contributed by atoms with Gasteiger partial charge in [0.15, 0.2) is 0 Å². The minimum atomic E-state index is -5.08. The van der Waals surface area contributed by atoms with Crippen LogP contribution in [0.3, 0.4) is 0 Å². The highest BCUT2D eigenvalue weighted by Crippen LogP contribution is 2.57. The maximum absolute atomic E-state index is 11.7. The van der Waals surface area contributed by atoms with E-state index in [0.717, 1.165) is 24.8 Å². The summed E-state index contributed by atoms with van der Waals surface area (Å²) in [5.74, 6) is -6.24. The molecule has 0 amide bonds. The van der Waals surface area contributed by atoms with Crippen molar-refractivity contribution in [1.29, 1.82) is 0 Å². The van der Waals surface area contributed by atoms with Gasteiger partial charge in [-0.2, -0.15) is 13.2 Å². The molecule has 0 radical (unpaired) electrons. The summed E-state index contributed by atoms with van der Waals surface area (Å²) in [5, 5.41) is 26.7. The van der Waals surface area contributed by atoms with Gasteiger partial charge in [0.2, 0.25) is 0 Å². The summed E-state index contributed by atoms with van der Waals surface area (Å²) in [6.45, 7) is 0. The van der Waals surface area contributed by atoms with E-state index in [1.165, 1.54) is 0 Å². The molecule has 30 heavy (non-hydrogen) atoms. The van der Waals surface area contributed by atoms with E-state index in [-0.39, 0.29) is 17.8 Å². The van der Waals surface area contributed by atoms with Crippen molar-refractivity contribution in [2.24, 2.45) is 29.4 Å². The summed E-state index contributed by atoms with van der Waals surface area (Å²) < 4.78 is 31.7. The number of hydrogen-bond donors (Lipinski definition) is 4. The Kier molecular flexibility index (Phi) is 7.03. The minimum absolute atomic E-state index is 0.131. The molecule has 0 saturated heterocycles. The number of hydrogen-bond acceptors (Lipinski definition) is 4. The Bertz CT molecular complexity index is 815. The number of carbonyl (C=O) groups is 3. The first kappa shape index (κ1) is 23.9. The Morgan fingerprint density at radius 2 is 1.63 bits per heavy atom. The van der Waals surface area contributed by atoms with E-state index >= 15 is 0 Å². The van der Waals surface area contributed by atoms with Crippen molar-refractivity contribution in [3.63, 3.8) is 0 Å². The van der Waals surface area contributed by atoms with Crippen LogP contribution in [0.4, 0.5) is 13.2 Å². The molecule has 0 heterocycles. The molecule has 2 aliphatic rings. The number of rotatable bonds is 5. The summed E-state index contributed by atoms with van der Waals surface area (Å²) in [4.78, 5) is 32.1. The maximum atomic E-state index is 11.7. The zero-order valence-corrected chi connectivity index (χ0v) is 16.4. The van der Waals surface area contributed by atoms with Gasteiger partial charge in [0.25, 0.3) is 0 Å². The molecule has 2 bridgehead atoms. The van der Waals surface area contributed by atoms with Crippen molar-refractivity contribution in [2.75, 3.05) is 0 Å². The van der Waals surface area contributed by atoms with Gasteiger partial charge in [-0.3, -0.25) is 9.59 Å². The lowest BCUT2D eigenvalue weighted by molar-refractivity contribution is -0.192. The van der Waals surface area contributed by atoms with Crippen molar-refractivity contribution >= 4 is 29.5 Å². The molecule has 166 valence electrons. The zero-order chi connectivity index (χ0) is 22.9. The molecule has 1 aromatic carbocycles. The summed E-state index contributed by atoms with van der Waals surface area (Å²) >= 11 is 5.87. The van der Waals surface area contributed by atoms with Crippen LogP contribution in [-0.4, -0.2) is 44.9 Å². The number of nitrogens with two attached hydrogens (primary N) is 1. The van der Waals surface area contributed by atoms with Crippen LogP contribution in [0.1, 0.15) is 24.8 Å². The molecule has 2 fully saturated rings. The lowest BCUT2D eigenvalue weighted by Crippen LogP contribution is -2.62. The highest BCUT2D eigenvalue weighted by Gasteiger charge is 2.66. The molecule has 2 aliphatic carbocycles. The molecule has 0 aliphatic heterocycles. The quantitative estimate of drug-likeness (QED) is 0.539. The normalized spacial score (nSPS) is 29.8. The Balaban J connectivity index is 0.000000396. The molecular formula is C19H21ClF3NO6. The predicted molar refractivity (Wildman–Crippen MR) is 98.8 cm³/mol. The molecule has 0 spiro atoms. The molecule has 2 saturated carbocycles. The first-order valence-electron chi connectivity index (χ1n) is 9.08. The van der Waals surface area contributed by atoms with Gasteiger partial charge in [-0.05, 0) is 61.1 Å². The SMILES string of the molecule is N[C@]1(C(=O)O)C2C[C@H](C[C@H]2CCc2ccc(Cl)cc2)[C@@H]1C(=O)O.O=C(O)C(F)(F)F. The molecule has 5 atom stereocenters. The number of carboxylic acids is 3. The van der Waals surface area contributed by atoms with Crippen LogP contribution in [0.2, 0.25) is 5.02 Å². The van der Waals surface area contributed by atoms with Crippen molar-refractivity contribution in [1.82, 2.24) is 0 Å². The van der Waals surface area contributed by atoms with Crippen LogP contribution in [0.5, 0.6) is 0 Å². The molecule has 11 heteroatoms. The topological polar surface area (TPSA) is 138 Å². The molecule has 5 N–H and O–H groups in total. The Labute approximate surface area is 174 Å². The molecule has 3 rings (SSSR count). The second kappa shape index (κ2) is 8.81.